The van der Waals surface area contributed by atoms with E-state index in [2.05, 4.69) is 20.2 Å². The Labute approximate surface area is 229 Å². The number of piperazine rings is 1. The number of hydrogen-bond acceptors (Lipinski definition) is 7. The fraction of sp³-hybridized carbons (Fsp3) is 0.241. The minimum absolute atomic E-state index is 0.0364. The monoisotopic (exact) mass is 544 g/mol. The molecule has 4 aromatic rings. The summed E-state index contributed by atoms with van der Waals surface area (Å²) in [6.45, 7) is 4.13. The van der Waals surface area contributed by atoms with E-state index in [1.165, 1.54) is 6.07 Å². The fourth-order valence-corrected chi connectivity index (χ4v) is 5.28. The van der Waals surface area contributed by atoms with Gasteiger partial charge < -0.3 is 24.4 Å². The predicted octanol–water partition coefficient (Wildman–Crippen LogP) is 3.98. The predicted molar refractivity (Wildman–Crippen MR) is 146 cm³/mol. The minimum Gasteiger partial charge on any atom is -0.489 e. The minimum atomic E-state index is -0.833. The molecule has 4 heterocycles. The number of fused-ring (bicyclic) bond motifs is 3. The van der Waals surface area contributed by atoms with Crippen molar-refractivity contribution in [1.29, 1.82) is 0 Å². The van der Waals surface area contributed by atoms with E-state index in [1.807, 2.05) is 11.0 Å². The van der Waals surface area contributed by atoms with Crippen LogP contribution in [0.3, 0.4) is 0 Å². The molecule has 40 heavy (non-hydrogen) atoms. The Morgan fingerprint density at radius 3 is 2.58 bits per heavy atom. The molecule has 1 unspecified atom stereocenters. The van der Waals surface area contributed by atoms with Crippen molar-refractivity contribution < 1.29 is 23.1 Å². The summed E-state index contributed by atoms with van der Waals surface area (Å²) in [4.78, 5) is 38.8. The van der Waals surface area contributed by atoms with Gasteiger partial charge in [0.2, 0.25) is 5.95 Å². The third-order valence-electron chi connectivity index (χ3n) is 7.39. The topological polar surface area (TPSA) is 92.6 Å². The van der Waals surface area contributed by atoms with E-state index in [0.717, 1.165) is 23.8 Å². The van der Waals surface area contributed by atoms with Crippen molar-refractivity contribution in [2.75, 3.05) is 41.4 Å². The Morgan fingerprint density at radius 1 is 1.02 bits per heavy atom. The molecule has 2 aromatic heterocycles. The van der Waals surface area contributed by atoms with Gasteiger partial charge in [-0.3, -0.25) is 9.59 Å². The maximum absolute atomic E-state index is 14.5. The van der Waals surface area contributed by atoms with Crippen LogP contribution in [0.5, 0.6) is 5.75 Å². The Kier molecular flexibility index (Phi) is 6.41. The molecule has 0 spiro atoms. The molecule has 1 N–H and O–H groups in total. The Hall–Kier alpha value is -4.80. The number of aromatic nitrogens is 3. The molecule has 0 bridgehead atoms. The number of Topliss-reactive ketones (excluding diaryl/α,β-unsaturated/α-hetero) is 1. The first-order valence-electron chi connectivity index (χ1n) is 12.8. The highest BCUT2D eigenvalue weighted by molar-refractivity contribution is 6.47. The van der Waals surface area contributed by atoms with Gasteiger partial charge in [-0.15, -0.1) is 0 Å². The van der Waals surface area contributed by atoms with Crippen LogP contribution in [0.25, 0.3) is 11.1 Å². The molecule has 1 amide bonds. The lowest BCUT2D eigenvalue weighted by molar-refractivity contribution is -0.112. The number of nitrogens with zero attached hydrogens (tertiary/aromatic N) is 5. The summed E-state index contributed by atoms with van der Waals surface area (Å²) in [7, 11) is 1.67. The number of nitrogens with one attached hydrogen (secondary N) is 1. The van der Waals surface area contributed by atoms with E-state index < -0.39 is 23.3 Å². The molecule has 9 nitrogen and oxygen atoms in total. The number of aryl methyl sites for hydroxylation is 1. The normalized spacial score (nSPS) is 16.1. The first kappa shape index (κ1) is 25.5. The molecular weight excluding hydrogens is 518 g/mol. The maximum atomic E-state index is 14.5. The molecule has 0 aliphatic carbocycles. The van der Waals surface area contributed by atoms with Gasteiger partial charge >= 0.3 is 0 Å². The second-order valence-corrected chi connectivity index (χ2v) is 9.86. The van der Waals surface area contributed by atoms with Gasteiger partial charge in [0.25, 0.3) is 11.7 Å². The summed E-state index contributed by atoms with van der Waals surface area (Å²) in [6.07, 6.45) is 2.31. The van der Waals surface area contributed by atoms with E-state index in [4.69, 9.17) is 4.74 Å². The summed E-state index contributed by atoms with van der Waals surface area (Å²) in [6, 6.07) is 13.2. The highest BCUT2D eigenvalue weighted by atomic mass is 19.1. The standard InChI is InChI=1S/C29H26F2N6O3/c1-17-11-22(21-5-3-4-6-23(21)31)26(35(17)2)27(38)28(39)34-19-7-8-24-25(12-19)40-16-20-15-36(9-10-37(20)24)29-32-13-18(30)14-33-29/h3-8,11-14,20H,9-10,15-16H2,1-2H3,(H,34,39). The zero-order chi connectivity index (χ0) is 28.0. The van der Waals surface area contributed by atoms with E-state index >= 15 is 0 Å². The number of rotatable bonds is 5. The van der Waals surface area contributed by atoms with Crippen molar-refractivity contribution in [1.82, 2.24) is 14.5 Å². The van der Waals surface area contributed by atoms with Crippen molar-refractivity contribution in [3.05, 3.63) is 83.9 Å². The average Bonchev–Trinajstić information content (AvgIpc) is 3.26. The lowest BCUT2D eigenvalue weighted by atomic mass is 10.0. The van der Waals surface area contributed by atoms with Gasteiger partial charge in [-0.05, 0) is 31.2 Å². The molecular formula is C29H26F2N6O3. The first-order valence-corrected chi connectivity index (χ1v) is 12.8. The lowest BCUT2D eigenvalue weighted by Crippen LogP contribution is -2.57. The number of ether oxygens (including phenoxy) is 1. The summed E-state index contributed by atoms with van der Waals surface area (Å²) in [5, 5.41) is 2.68. The van der Waals surface area contributed by atoms with Crippen molar-refractivity contribution in [3.63, 3.8) is 0 Å². The van der Waals surface area contributed by atoms with Crippen molar-refractivity contribution in [3.8, 4) is 16.9 Å². The van der Waals surface area contributed by atoms with Crippen molar-refractivity contribution >= 4 is 29.0 Å². The van der Waals surface area contributed by atoms with Gasteiger partial charge in [-0.1, -0.05) is 18.2 Å². The quantitative estimate of drug-likeness (QED) is 0.300. The number of benzene rings is 2. The third-order valence-corrected chi connectivity index (χ3v) is 7.39. The molecule has 1 fully saturated rings. The highest BCUT2D eigenvalue weighted by Crippen LogP contribution is 2.38. The Bertz CT molecular complexity index is 1620. The Balaban J connectivity index is 1.18. The van der Waals surface area contributed by atoms with Crippen molar-refractivity contribution in [2.24, 2.45) is 7.05 Å². The van der Waals surface area contributed by atoms with E-state index in [0.29, 0.717) is 49.2 Å². The second kappa shape index (κ2) is 10.1. The summed E-state index contributed by atoms with van der Waals surface area (Å²) < 4.78 is 35.4. The zero-order valence-corrected chi connectivity index (χ0v) is 21.9. The molecule has 11 heteroatoms. The van der Waals surface area contributed by atoms with Gasteiger partial charge in [-0.2, -0.15) is 0 Å². The van der Waals surface area contributed by atoms with Gasteiger partial charge in [0.1, 0.15) is 23.9 Å². The summed E-state index contributed by atoms with van der Waals surface area (Å²) >= 11 is 0. The van der Waals surface area contributed by atoms with Crippen LogP contribution in [0, 0.1) is 18.6 Å². The van der Waals surface area contributed by atoms with Gasteiger partial charge in [0, 0.05) is 55.3 Å². The number of carbonyl (C=O) groups is 2. The molecule has 2 aliphatic rings. The van der Waals surface area contributed by atoms with Crippen LogP contribution < -0.4 is 19.9 Å². The van der Waals surface area contributed by atoms with E-state index in [1.54, 1.807) is 54.9 Å². The van der Waals surface area contributed by atoms with Crippen molar-refractivity contribution in [2.45, 2.75) is 13.0 Å². The SMILES string of the molecule is Cc1cc(-c2ccccc2F)c(C(=O)C(=O)Nc2ccc3c(c2)OCC2CN(c4ncc(F)cn4)CCN32)n1C. The number of amides is 1. The van der Waals surface area contributed by atoms with Gasteiger partial charge in [-0.25, -0.2) is 18.7 Å². The molecule has 6 rings (SSSR count). The third kappa shape index (κ3) is 4.53. The largest absolute Gasteiger partial charge is 0.489 e. The van der Waals surface area contributed by atoms with Crippen LogP contribution in [-0.2, 0) is 11.8 Å². The molecule has 1 saturated heterocycles. The Morgan fingerprint density at radius 2 is 1.80 bits per heavy atom. The lowest BCUT2D eigenvalue weighted by Gasteiger charge is -2.45. The molecule has 0 radical (unpaired) electrons. The average molecular weight is 545 g/mol. The van der Waals surface area contributed by atoms with Gasteiger partial charge in [0.15, 0.2) is 5.82 Å². The van der Waals surface area contributed by atoms with E-state index in [9.17, 15) is 18.4 Å². The second-order valence-electron chi connectivity index (χ2n) is 9.86. The van der Waals surface area contributed by atoms with Crippen LogP contribution in [0.4, 0.5) is 26.1 Å². The van der Waals surface area contributed by atoms with E-state index in [-0.39, 0.29) is 17.3 Å². The number of carbonyl (C=O) groups excluding carboxylic acids is 2. The number of halogens is 2. The highest BCUT2D eigenvalue weighted by Gasteiger charge is 2.34. The zero-order valence-electron chi connectivity index (χ0n) is 21.9. The van der Waals surface area contributed by atoms with Crippen LogP contribution in [-0.4, -0.2) is 58.5 Å². The van der Waals surface area contributed by atoms with Crippen LogP contribution in [0.15, 0.2) is 60.9 Å². The van der Waals surface area contributed by atoms with Crippen LogP contribution in [0.2, 0.25) is 0 Å². The molecule has 0 saturated carbocycles. The molecule has 204 valence electrons. The molecule has 2 aliphatic heterocycles. The molecule has 2 aromatic carbocycles. The number of ketones is 1. The smallest absolute Gasteiger partial charge is 0.298 e. The number of hydrogen-bond donors (Lipinski definition) is 1. The van der Waals surface area contributed by atoms with Crippen LogP contribution >= 0.6 is 0 Å². The van der Waals surface area contributed by atoms with Gasteiger partial charge in [0.05, 0.1) is 24.1 Å². The fourth-order valence-electron chi connectivity index (χ4n) is 5.28. The number of anilines is 3. The van der Waals surface area contributed by atoms with Crippen LogP contribution in [0.1, 0.15) is 16.2 Å². The summed E-state index contributed by atoms with van der Waals surface area (Å²) in [5.74, 6) is -1.49. The first-order chi connectivity index (χ1) is 19.3. The maximum Gasteiger partial charge on any atom is 0.298 e. The summed E-state index contributed by atoms with van der Waals surface area (Å²) in [5.41, 5.74) is 2.73. The molecule has 1 atom stereocenters.